The molecule has 7 heteroatoms. The van der Waals surface area contributed by atoms with Crippen molar-refractivity contribution in [3.8, 4) is 0 Å². The number of pyridine rings is 1. The molecule has 3 aromatic rings. The third-order valence-electron chi connectivity index (χ3n) is 6.12. The summed E-state index contributed by atoms with van der Waals surface area (Å²) in [6.45, 7) is 7.20. The average molecular weight is 396 g/mol. The van der Waals surface area contributed by atoms with Crippen molar-refractivity contribution in [2.75, 3.05) is 5.32 Å². The molecular formula is C23H20N6O. The van der Waals surface area contributed by atoms with Crippen LogP contribution in [-0.2, 0) is 18.9 Å². The number of nitrogens with zero attached hydrogens (tertiary/aromatic N) is 5. The molecule has 30 heavy (non-hydrogen) atoms. The first-order valence-corrected chi connectivity index (χ1v) is 9.92. The van der Waals surface area contributed by atoms with Gasteiger partial charge in [0, 0.05) is 48.6 Å². The fourth-order valence-electron chi connectivity index (χ4n) is 4.35. The van der Waals surface area contributed by atoms with Crippen molar-refractivity contribution < 1.29 is 4.79 Å². The zero-order valence-electron chi connectivity index (χ0n) is 16.6. The zero-order valence-corrected chi connectivity index (χ0v) is 16.6. The summed E-state index contributed by atoms with van der Waals surface area (Å²) in [6, 6.07) is 9.68. The smallest absolute Gasteiger partial charge is 0.207 e. The van der Waals surface area contributed by atoms with E-state index in [0.717, 1.165) is 53.9 Å². The number of fused-ring (bicyclic) bond motifs is 1. The highest BCUT2D eigenvalue weighted by Gasteiger charge is 2.45. The van der Waals surface area contributed by atoms with Crippen LogP contribution < -0.4 is 5.32 Å². The van der Waals surface area contributed by atoms with E-state index in [1.54, 1.807) is 10.9 Å². The van der Waals surface area contributed by atoms with Crippen LogP contribution in [0.15, 0.2) is 47.7 Å². The molecule has 1 aromatic carbocycles. The van der Waals surface area contributed by atoms with Crippen LogP contribution in [0.2, 0.25) is 0 Å². The van der Waals surface area contributed by atoms with Crippen LogP contribution >= 0.6 is 0 Å². The predicted octanol–water partition coefficient (Wildman–Crippen LogP) is 4.67. The van der Waals surface area contributed by atoms with E-state index in [4.69, 9.17) is 11.6 Å². The number of aryl methyl sites for hydroxylation is 1. The lowest BCUT2D eigenvalue weighted by Crippen LogP contribution is -2.42. The molecule has 0 radical (unpaired) electrons. The summed E-state index contributed by atoms with van der Waals surface area (Å²) in [5, 5.41) is 7.55. The summed E-state index contributed by atoms with van der Waals surface area (Å²) in [7, 11) is 1.85. The third-order valence-corrected chi connectivity index (χ3v) is 6.12. The second-order valence-corrected chi connectivity index (χ2v) is 7.86. The molecule has 1 saturated carbocycles. The Balaban J connectivity index is 1.49. The molecule has 0 amide bonds. The molecule has 0 spiro atoms. The second-order valence-electron chi connectivity index (χ2n) is 7.86. The molecule has 0 bridgehead atoms. The summed E-state index contributed by atoms with van der Waals surface area (Å²) in [4.78, 5) is 24.6. The Morgan fingerprint density at radius 1 is 1.27 bits per heavy atom. The van der Waals surface area contributed by atoms with Gasteiger partial charge in [-0.3, -0.25) is 19.5 Å². The van der Waals surface area contributed by atoms with Crippen molar-refractivity contribution in [2.24, 2.45) is 12.0 Å². The minimum absolute atomic E-state index is 0.166. The van der Waals surface area contributed by atoms with Gasteiger partial charge in [0.15, 0.2) is 12.1 Å². The number of aldehydes is 1. The van der Waals surface area contributed by atoms with E-state index in [-0.39, 0.29) is 5.41 Å². The molecule has 3 heterocycles. The van der Waals surface area contributed by atoms with Crippen LogP contribution in [0.1, 0.15) is 40.9 Å². The highest BCUT2D eigenvalue weighted by molar-refractivity contribution is 6.02. The first kappa shape index (κ1) is 18.3. The lowest BCUT2D eigenvalue weighted by Gasteiger charge is -2.43. The van der Waals surface area contributed by atoms with Crippen molar-refractivity contribution in [3.63, 3.8) is 0 Å². The Hall–Kier alpha value is -3.79. The van der Waals surface area contributed by atoms with Crippen molar-refractivity contribution in [1.29, 1.82) is 0 Å². The van der Waals surface area contributed by atoms with E-state index in [0.29, 0.717) is 23.5 Å². The van der Waals surface area contributed by atoms with Gasteiger partial charge in [-0.25, -0.2) is 4.85 Å². The SMILES string of the molecule is [C-]#[N+]c1cnc2c(c1)N=C(C1(c3ccc(Nc4ccn(C)n4)c(C=O)c3)CCC1)C2. The number of hydrogen-bond donors (Lipinski definition) is 1. The maximum atomic E-state index is 11.8. The van der Waals surface area contributed by atoms with Crippen LogP contribution in [-0.4, -0.2) is 26.8 Å². The van der Waals surface area contributed by atoms with Gasteiger partial charge in [0.05, 0.1) is 23.6 Å². The molecule has 0 unspecified atom stereocenters. The lowest BCUT2D eigenvalue weighted by atomic mass is 9.61. The first-order valence-electron chi connectivity index (χ1n) is 9.92. The summed E-state index contributed by atoms with van der Waals surface area (Å²) < 4.78 is 1.71. The molecule has 1 aliphatic carbocycles. The molecule has 1 aliphatic heterocycles. The number of aromatic nitrogens is 3. The Bertz CT molecular complexity index is 1230. The maximum Gasteiger partial charge on any atom is 0.207 e. The van der Waals surface area contributed by atoms with E-state index in [1.807, 2.05) is 37.5 Å². The quantitative estimate of drug-likeness (QED) is 0.502. The molecule has 5 rings (SSSR count). The van der Waals surface area contributed by atoms with Crippen LogP contribution in [0, 0.1) is 6.57 Å². The van der Waals surface area contributed by atoms with E-state index in [9.17, 15) is 4.79 Å². The van der Waals surface area contributed by atoms with E-state index < -0.39 is 0 Å². The van der Waals surface area contributed by atoms with Crippen LogP contribution in [0.3, 0.4) is 0 Å². The van der Waals surface area contributed by atoms with Crippen molar-refractivity contribution in [1.82, 2.24) is 14.8 Å². The number of rotatable bonds is 5. The fourth-order valence-corrected chi connectivity index (χ4v) is 4.35. The summed E-state index contributed by atoms with van der Waals surface area (Å²) >= 11 is 0. The molecule has 0 saturated heterocycles. The number of anilines is 2. The second kappa shape index (κ2) is 6.92. The van der Waals surface area contributed by atoms with Gasteiger partial charge >= 0.3 is 0 Å². The number of hydrogen-bond acceptors (Lipinski definition) is 5. The number of carbonyl (C=O) groups excluding carboxylic acids is 1. The number of nitrogens with one attached hydrogen (secondary N) is 1. The molecule has 0 atom stereocenters. The maximum absolute atomic E-state index is 11.8. The largest absolute Gasteiger partial charge is 0.338 e. The molecule has 1 N–H and O–H groups in total. The average Bonchev–Trinajstić information content (AvgIpc) is 3.33. The topological polar surface area (TPSA) is 76.5 Å². The summed E-state index contributed by atoms with van der Waals surface area (Å²) in [5.74, 6) is 0.698. The molecule has 2 aromatic heterocycles. The van der Waals surface area contributed by atoms with Gasteiger partial charge in [-0.05, 0) is 36.6 Å². The van der Waals surface area contributed by atoms with Gasteiger partial charge in [0.1, 0.15) is 0 Å². The third kappa shape index (κ3) is 2.89. The number of carbonyl (C=O) groups is 1. The number of aliphatic imine (C=N–C) groups is 1. The van der Waals surface area contributed by atoms with E-state index in [2.05, 4.69) is 26.3 Å². The van der Waals surface area contributed by atoms with Crippen LogP contribution in [0.4, 0.5) is 22.9 Å². The molecular weight excluding hydrogens is 376 g/mol. The zero-order chi connectivity index (χ0) is 20.7. The van der Waals surface area contributed by atoms with Gasteiger partial charge in [-0.2, -0.15) is 5.10 Å². The Morgan fingerprint density at radius 3 is 2.80 bits per heavy atom. The highest BCUT2D eigenvalue weighted by Crippen LogP contribution is 2.49. The molecule has 7 nitrogen and oxygen atoms in total. The fraction of sp³-hybridized carbons (Fsp3) is 0.261. The lowest BCUT2D eigenvalue weighted by molar-refractivity contribution is 0.112. The minimum Gasteiger partial charge on any atom is -0.338 e. The Kier molecular flexibility index (Phi) is 4.21. The van der Waals surface area contributed by atoms with E-state index in [1.165, 1.54) is 0 Å². The molecule has 2 aliphatic rings. The standard InChI is InChI=1S/C23H20N6O/c1-24-17-11-20-19(25-13-17)12-21(26-20)23(7-3-8-23)16-4-5-18(15(10-16)14-30)27-22-6-9-29(2)28-22/h4-6,9-11,13-14H,3,7-8,12H2,2H3,(H,27,28). The van der Waals surface area contributed by atoms with Gasteiger partial charge < -0.3 is 5.32 Å². The number of benzene rings is 1. The van der Waals surface area contributed by atoms with Gasteiger partial charge in [0.2, 0.25) is 5.69 Å². The molecule has 148 valence electrons. The Morgan fingerprint density at radius 2 is 2.13 bits per heavy atom. The van der Waals surface area contributed by atoms with E-state index >= 15 is 0 Å². The van der Waals surface area contributed by atoms with Crippen molar-refractivity contribution >= 4 is 34.9 Å². The minimum atomic E-state index is -0.166. The van der Waals surface area contributed by atoms with Crippen LogP contribution in [0.5, 0.6) is 0 Å². The first-order chi connectivity index (χ1) is 14.6. The predicted molar refractivity (Wildman–Crippen MR) is 115 cm³/mol. The summed E-state index contributed by atoms with van der Waals surface area (Å²) in [5.41, 5.74) is 5.60. The van der Waals surface area contributed by atoms with Gasteiger partial charge in [-0.1, -0.05) is 12.5 Å². The summed E-state index contributed by atoms with van der Waals surface area (Å²) in [6.07, 6.45) is 8.17. The normalized spacial score (nSPS) is 16.2. The van der Waals surface area contributed by atoms with Gasteiger partial charge in [-0.15, -0.1) is 0 Å². The Labute approximate surface area is 174 Å². The van der Waals surface area contributed by atoms with Gasteiger partial charge in [0.25, 0.3) is 0 Å². The highest BCUT2D eigenvalue weighted by atomic mass is 16.1. The van der Waals surface area contributed by atoms with Crippen LogP contribution in [0.25, 0.3) is 4.85 Å². The van der Waals surface area contributed by atoms with Crippen molar-refractivity contribution in [3.05, 3.63) is 71.0 Å². The molecule has 1 fully saturated rings. The monoisotopic (exact) mass is 396 g/mol. The van der Waals surface area contributed by atoms with Crippen molar-refractivity contribution in [2.45, 2.75) is 31.1 Å².